The van der Waals surface area contributed by atoms with Crippen molar-refractivity contribution in [2.24, 2.45) is 5.84 Å². The minimum Gasteiger partial charge on any atom is -0.374 e. The fourth-order valence-corrected chi connectivity index (χ4v) is 2.92. The Morgan fingerprint density at radius 1 is 1.37 bits per heavy atom. The maximum atomic E-state index is 6.02. The zero-order valence-corrected chi connectivity index (χ0v) is 12.3. The molecule has 2 atom stereocenters. The average Bonchev–Trinajstić information content (AvgIpc) is 2.40. The van der Waals surface area contributed by atoms with Gasteiger partial charge in [0.15, 0.2) is 0 Å². The highest BCUT2D eigenvalue weighted by molar-refractivity contribution is 5.31. The summed E-state index contributed by atoms with van der Waals surface area (Å²) >= 11 is 0. The lowest BCUT2D eigenvalue weighted by Gasteiger charge is -2.40. The molecule has 0 aliphatic carbocycles. The van der Waals surface area contributed by atoms with Crippen LogP contribution in [-0.2, 0) is 11.2 Å². The quantitative estimate of drug-likeness (QED) is 0.648. The first-order chi connectivity index (χ1) is 9.05. The predicted octanol–water partition coefficient (Wildman–Crippen LogP) is 2.64. The highest BCUT2D eigenvalue weighted by atomic mass is 16.5. The molecule has 106 valence electrons. The van der Waals surface area contributed by atoms with E-state index in [2.05, 4.69) is 44.4 Å². The molecule has 1 aliphatic rings. The second kappa shape index (κ2) is 6.04. The lowest BCUT2D eigenvalue weighted by atomic mass is 9.84. The van der Waals surface area contributed by atoms with Crippen molar-refractivity contribution in [3.8, 4) is 0 Å². The minimum absolute atomic E-state index is 0.150. The summed E-state index contributed by atoms with van der Waals surface area (Å²) in [6.45, 7) is 7.32. The monoisotopic (exact) mass is 262 g/mol. The van der Waals surface area contributed by atoms with Crippen LogP contribution < -0.4 is 11.3 Å². The lowest BCUT2D eigenvalue weighted by Crippen LogP contribution is -2.55. The van der Waals surface area contributed by atoms with Crippen molar-refractivity contribution >= 4 is 0 Å². The van der Waals surface area contributed by atoms with E-state index >= 15 is 0 Å². The molecule has 1 aromatic carbocycles. The topological polar surface area (TPSA) is 47.3 Å². The van der Waals surface area contributed by atoms with E-state index < -0.39 is 0 Å². The molecular formula is C16H26N2O. The van der Waals surface area contributed by atoms with Gasteiger partial charge in [-0.1, -0.05) is 23.8 Å². The fourth-order valence-electron chi connectivity index (χ4n) is 2.92. The number of nitrogens with two attached hydrogens (primary N) is 1. The van der Waals surface area contributed by atoms with Gasteiger partial charge in [0.25, 0.3) is 0 Å². The number of nitrogens with one attached hydrogen (secondary N) is 1. The third kappa shape index (κ3) is 3.35. The Morgan fingerprint density at radius 3 is 2.79 bits per heavy atom. The molecule has 2 rings (SSSR count). The summed E-state index contributed by atoms with van der Waals surface area (Å²) < 4.78 is 6.02. The second-order valence-electron chi connectivity index (χ2n) is 5.97. The molecule has 0 bridgehead atoms. The minimum atomic E-state index is -0.150. The summed E-state index contributed by atoms with van der Waals surface area (Å²) in [5.41, 5.74) is 6.81. The van der Waals surface area contributed by atoms with Crippen molar-refractivity contribution in [2.45, 2.75) is 58.1 Å². The molecule has 1 fully saturated rings. The number of aryl methyl sites for hydroxylation is 2. The zero-order chi connectivity index (χ0) is 13.9. The number of hydrogen-bond acceptors (Lipinski definition) is 3. The van der Waals surface area contributed by atoms with Gasteiger partial charge in [0.05, 0.1) is 11.6 Å². The van der Waals surface area contributed by atoms with E-state index in [1.165, 1.54) is 23.1 Å². The van der Waals surface area contributed by atoms with Crippen molar-refractivity contribution in [3.63, 3.8) is 0 Å². The van der Waals surface area contributed by atoms with Gasteiger partial charge in [-0.15, -0.1) is 0 Å². The van der Waals surface area contributed by atoms with E-state index in [4.69, 9.17) is 10.6 Å². The van der Waals surface area contributed by atoms with Gasteiger partial charge in [-0.2, -0.15) is 0 Å². The SMILES string of the molecule is Cc1ccc(C)c(CC(NN)C2(C)CCCCO2)c1. The molecule has 3 nitrogen and oxygen atoms in total. The van der Waals surface area contributed by atoms with E-state index in [1.807, 2.05) is 0 Å². The molecule has 3 heteroatoms. The molecule has 3 N–H and O–H groups in total. The summed E-state index contributed by atoms with van der Waals surface area (Å²) in [6.07, 6.45) is 4.38. The van der Waals surface area contributed by atoms with Crippen LogP contribution in [0.25, 0.3) is 0 Å². The molecule has 0 radical (unpaired) electrons. The van der Waals surface area contributed by atoms with E-state index in [-0.39, 0.29) is 11.6 Å². The summed E-state index contributed by atoms with van der Waals surface area (Å²) in [7, 11) is 0. The summed E-state index contributed by atoms with van der Waals surface area (Å²) in [5.74, 6) is 5.79. The Bertz CT molecular complexity index is 425. The third-order valence-corrected chi connectivity index (χ3v) is 4.37. The molecule has 0 aromatic heterocycles. The molecule has 0 spiro atoms. The molecule has 0 saturated carbocycles. The van der Waals surface area contributed by atoms with Gasteiger partial charge in [0.1, 0.15) is 0 Å². The third-order valence-electron chi connectivity index (χ3n) is 4.37. The first kappa shape index (κ1) is 14.5. The molecule has 1 saturated heterocycles. The van der Waals surface area contributed by atoms with Crippen molar-refractivity contribution in [1.29, 1.82) is 0 Å². The van der Waals surface area contributed by atoms with Crippen LogP contribution in [-0.4, -0.2) is 18.2 Å². The highest BCUT2D eigenvalue weighted by Crippen LogP contribution is 2.30. The Kier molecular flexibility index (Phi) is 4.61. The van der Waals surface area contributed by atoms with Crippen LogP contribution in [0.4, 0.5) is 0 Å². The van der Waals surface area contributed by atoms with Crippen molar-refractivity contribution < 1.29 is 4.74 Å². The summed E-state index contributed by atoms with van der Waals surface area (Å²) in [5, 5.41) is 0. The Hall–Kier alpha value is -0.900. The largest absolute Gasteiger partial charge is 0.374 e. The Morgan fingerprint density at radius 2 is 2.16 bits per heavy atom. The zero-order valence-electron chi connectivity index (χ0n) is 12.3. The number of hydrazine groups is 1. The van der Waals surface area contributed by atoms with Gasteiger partial charge in [0.2, 0.25) is 0 Å². The second-order valence-corrected chi connectivity index (χ2v) is 5.97. The maximum absolute atomic E-state index is 6.02. The Labute approximate surface area is 116 Å². The number of rotatable bonds is 4. The van der Waals surface area contributed by atoms with Crippen molar-refractivity contribution in [1.82, 2.24) is 5.43 Å². The molecule has 2 unspecified atom stereocenters. The van der Waals surface area contributed by atoms with Crippen LogP contribution >= 0.6 is 0 Å². The van der Waals surface area contributed by atoms with Crippen LogP contribution in [0.15, 0.2) is 18.2 Å². The van der Waals surface area contributed by atoms with Gasteiger partial charge in [-0.25, -0.2) is 0 Å². The maximum Gasteiger partial charge on any atom is 0.0823 e. The van der Waals surface area contributed by atoms with Gasteiger partial charge >= 0.3 is 0 Å². The first-order valence-electron chi connectivity index (χ1n) is 7.21. The van der Waals surface area contributed by atoms with E-state index in [0.29, 0.717) is 0 Å². The number of hydrogen-bond donors (Lipinski definition) is 2. The van der Waals surface area contributed by atoms with Crippen LogP contribution in [0, 0.1) is 13.8 Å². The molecule has 1 heterocycles. The van der Waals surface area contributed by atoms with E-state index in [0.717, 1.165) is 25.9 Å². The lowest BCUT2D eigenvalue weighted by molar-refractivity contribution is -0.0884. The van der Waals surface area contributed by atoms with Crippen LogP contribution in [0.3, 0.4) is 0 Å². The van der Waals surface area contributed by atoms with Crippen molar-refractivity contribution in [2.75, 3.05) is 6.61 Å². The van der Waals surface area contributed by atoms with Gasteiger partial charge in [-0.05, 0) is 57.6 Å². The smallest absolute Gasteiger partial charge is 0.0823 e. The average molecular weight is 262 g/mol. The standard InChI is InChI=1S/C16H26N2O/c1-12-6-7-13(2)14(10-12)11-15(18-17)16(3)8-4-5-9-19-16/h6-7,10,15,18H,4-5,8-9,11,17H2,1-3H3. The molecule has 1 aromatic rings. The van der Waals surface area contributed by atoms with Crippen LogP contribution in [0.1, 0.15) is 42.9 Å². The predicted molar refractivity (Wildman–Crippen MR) is 78.9 cm³/mol. The molecular weight excluding hydrogens is 236 g/mol. The number of ether oxygens (including phenoxy) is 1. The fraction of sp³-hybridized carbons (Fsp3) is 0.625. The molecule has 1 aliphatic heterocycles. The molecule has 19 heavy (non-hydrogen) atoms. The summed E-state index contributed by atoms with van der Waals surface area (Å²) in [6, 6.07) is 6.75. The number of benzene rings is 1. The Balaban J connectivity index is 2.16. The van der Waals surface area contributed by atoms with Gasteiger partial charge < -0.3 is 4.74 Å². The summed E-state index contributed by atoms with van der Waals surface area (Å²) in [4.78, 5) is 0. The van der Waals surface area contributed by atoms with Gasteiger partial charge in [-0.3, -0.25) is 11.3 Å². The van der Waals surface area contributed by atoms with E-state index in [9.17, 15) is 0 Å². The first-order valence-corrected chi connectivity index (χ1v) is 7.21. The highest BCUT2D eigenvalue weighted by Gasteiger charge is 2.36. The molecule has 0 amide bonds. The van der Waals surface area contributed by atoms with Crippen LogP contribution in [0.5, 0.6) is 0 Å². The van der Waals surface area contributed by atoms with Crippen LogP contribution in [0.2, 0.25) is 0 Å². The van der Waals surface area contributed by atoms with Crippen molar-refractivity contribution in [3.05, 3.63) is 34.9 Å². The van der Waals surface area contributed by atoms with Gasteiger partial charge in [0, 0.05) is 6.61 Å². The normalized spacial score (nSPS) is 25.3. The van der Waals surface area contributed by atoms with E-state index in [1.54, 1.807) is 0 Å².